The summed E-state index contributed by atoms with van der Waals surface area (Å²) in [6.07, 6.45) is 8.07. The largest absolute Gasteiger partial charge is 0.383 e. The molecule has 1 fully saturated rings. The molecule has 0 saturated carbocycles. The first-order chi connectivity index (χ1) is 11.1. The summed E-state index contributed by atoms with van der Waals surface area (Å²) in [5, 5.41) is 0. The number of carbonyl (C=O) groups excluding carboxylic acids is 2. The second-order valence-corrected chi connectivity index (χ2v) is 6.43. The number of nitrogens with two attached hydrogens (primary N) is 1. The minimum atomic E-state index is -0.218. The van der Waals surface area contributed by atoms with Gasteiger partial charge in [0.15, 0.2) is 0 Å². The number of piperidine rings is 1. The van der Waals surface area contributed by atoms with Crippen molar-refractivity contribution in [2.24, 2.45) is 11.7 Å². The Balaban J connectivity index is 1.90. The van der Waals surface area contributed by atoms with Gasteiger partial charge in [0.1, 0.15) is 0 Å². The van der Waals surface area contributed by atoms with E-state index in [1.807, 2.05) is 4.90 Å². The van der Waals surface area contributed by atoms with E-state index in [4.69, 9.17) is 10.5 Å². The number of allylic oxidation sites excluding steroid dienone is 2. The van der Waals surface area contributed by atoms with Crippen molar-refractivity contribution in [3.63, 3.8) is 0 Å². The van der Waals surface area contributed by atoms with Crippen LogP contribution in [0, 0.1) is 5.92 Å². The van der Waals surface area contributed by atoms with Crippen molar-refractivity contribution >= 4 is 11.8 Å². The number of methoxy groups -OCH3 is 1. The highest BCUT2D eigenvalue weighted by atomic mass is 16.5. The highest BCUT2D eigenvalue weighted by molar-refractivity contribution is 5.80. The Morgan fingerprint density at radius 1 is 1.35 bits per heavy atom. The molecular weight excluding hydrogens is 294 g/mol. The highest BCUT2D eigenvalue weighted by Gasteiger charge is 2.26. The van der Waals surface area contributed by atoms with Gasteiger partial charge >= 0.3 is 0 Å². The zero-order valence-corrected chi connectivity index (χ0v) is 14.1. The maximum absolute atomic E-state index is 12.7. The first kappa shape index (κ1) is 17.9. The van der Waals surface area contributed by atoms with Crippen molar-refractivity contribution in [2.45, 2.75) is 38.5 Å². The normalized spacial score (nSPS) is 20.1. The zero-order valence-electron chi connectivity index (χ0n) is 14.1. The van der Waals surface area contributed by atoms with Gasteiger partial charge in [0.25, 0.3) is 0 Å². The Kier molecular flexibility index (Phi) is 7.05. The van der Waals surface area contributed by atoms with Crippen LogP contribution in [0.2, 0.25) is 0 Å². The standard InChI is InChI=1S/C17H29N3O3/c1-23-12-11-20(15-5-3-2-4-6-15)16(21)13-19-9-7-14(8-10-19)17(18)22/h5,14H,2-4,6-13H2,1H3,(H2,18,22). The predicted molar refractivity (Wildman–Crippen MR) is 88.5 cm³/mol. The van der Waals surface area contributed by atoms with Crippen LogP contribution >= 0.6 is 0 Å². The summed E-state index contributed by atoms with van der Waals surface area (Å²) < 4.78 is 5.16. The van der Waals surface area contributed by atoms with Crippen LogP contribution in [-0.4, -0.2) is 61.5 Å². The summed E-state index contributed by atoms with van der Waals surface area (Å²) in [6, 6.07) is 0. The van der Waals surface area contributed by atoms with E-state index in [0.717, 1.165) is 50.9 Å². The lowest BCUT2D eigenvalue weighted by molar-refractivity contribution is -0.131. The fourth-order valence-corrected chi connectivity index (χ4v) is 3.33. The van der Waals surface area contributed by atoms with Gasteiger partial charge in [-0.15, -0.1) is 0 Å². The molecule has 23 heavy (non-hydrogen) atoms. The minimum Gasteiger partial charge on any atom is -0.383 e. The van der Waals surface area contributed by atoms with E-state index < -0.39 is 0 Å². The van der Waals surface area contributed by atoms with Gasteiger partial charge in [0, 0.05) is 25.3 Å². The number of likely N-dealkylation sites (tertiary alicyclic amines) is 1. The van der Waals surface area contributed by atoms with Crippen molar-refractivity contribution < 1.29 is 14.3 Å². The molecule has 0 aromatic carbocycles. The number of nitrogens with zero attached hydrogens (tertiary/aromatic N) is 2. The van der Waals surface area contributed by atoms with Crippen molar-refractivity contribution in [1.29, 1.82) is 0 Å². The van der Waals surface area contributed by atoms with E-state index in [9.17, 15) is 9.59 Å². The summed E-state index contributed by atoms with van der Waals surface area (Å²) >= 11 is 0. The number of hydrogen-bond donors (Lipinski definition) is 1. The van der Waals surface area contributed by atoms with Crippen LogP contribution in [0.4, 0.5) is 0 Å². The first-order valence-corrected chi connectivity index (χ1v) is 8.62. The molecule has 1 heterocycles. The minimum absolute atomic E-state index is 0.0352. The number of amides is 2. The van der Waals surface area contributed by atoms with Gasteiger partial charge in [-0.3, -0.25) is 14.5 Å². The molecule has 2 rings (SSSR count). The third-order valence-corrected chi connectivity index (χ3v) is 4.78. The molecule has 6 nitrogen and oxygen atoms in total. The summed E-state index contributed by atoms with van der Waals surface area (Å²) in [4.78, 5) is 28.0. The molecule has 0 unspecified atom stereocenters. The molecule has 0 bridgehead atoms. The number of primary amides is 1. The summed E-state index contributed by atoms with van der Waals surface area (Å²) in [6.45, 7) is 3.09. The average molecular weight is 323 g/mol. The average Bonchev–Trinajstić information content (AvgIpc) is 2.56. The van der Waals surface area contributed by atoms with E-state index in [1.54, 1.807) is 7.11 Å². The van der Waals surface area contributed by atoms with Crippen LogP contribution in [0.3, 0.4) is 0 Å². The SMILES string of the molecule is COCCN(C(=O)CN1CCC(C(N)=O)CC1)C1=CCCCC1. The molecule has 0 spiro atoms. The predicted octanol–water partition coefficient (Wildman–Crippen LogP) is 1.12. The molecule has 130 valence electrons. The highest BCUT2D eigenvalue weighted by Crippen LogP contribution is 2.22. The van der Waals surface area contributed by atoms with Crippen LogP contribution in [0.25, 0.3) is 0 Å². The third kappa shape index (κ3) is 5.32. The Bertz CT molecular complexity index is 442. The molecule has 1 aliphatic carbocycles. The van der Waals surface area contributed by atoms with E-state index in [-0.39, 0.29) is 17.7 Å². The lowest BCUT2D eigenvalue weighted by atomic mass is 9.96. The Morgan fingerprint density at radius 2 is 2.09 bits per heavy atom. The van der Waals surface area contributed by atoms with E-state index >= 15 is 0 Å². The topological polar surface area (TPSA) is 75.9 Å². The summed E-state index contributed by atoms with van der Waals surface area (Å²) in [7, 11) is 1.66. The van der Waals surface area contributed by atoms with Crippen LogP contribution in [0.15, 0.2) is 11.8 Å². The van der Waals surface area contributed by atoms with Crippen molar-refractivity contribution in [1.82, 2.24) is 9.80 Å². The molecule has 1 aliphatic heterocycles. The summed E-state index contributed by atoms with van der Waals surface area (Å²) in [5.74, 6) is -0.121. The van der Waals surface area contributed by atoms with Gasteiger partial charge < -0.3 is 15.4 Å². The monoisotopic (exact) mass is 323 g/mol. The Morgan fingerprint density at radius 3 is 2.65 bits per heavy atom. The molecule has 2 aliphatic rings. The lowest BCUT2D eigenvalue weighted by Crippen LogP contribution is -2.45. The molecule has 0 radical (unpaired) electrons. The van der Waals surface area contributed by atoms with Crippen LogP contribution in [0.5, 0.6) is 0 Å². The quantitative estimate of drug-likeness (QED) is 0.762. The van der Waals surface area contributed by atoms with Crippen LogP contribution in [0.1, 0.15) is 38.5 Å². The number of carbonyl (C=O) groups is 2. The van der Waals surface area contributed by atoms with Gasteiger partial charge in [0.2, 0.25) is 11.8 Å². The van der Waals surface area contributed by atoms with Crippen molar-refractivity contribution in [3.05, 3.63) is 11.8 Å². The van der Waals surface area contributed by atoms with E-state index in [2.05, 4.69) is 11.0 Å². The number of hydrogen-bond acceptors (Lipinski definition) is 4. The zero-order chi connectivity index (χ0) is 16.7. The summed E-state index contributed by atoms with van der Waals surface area (Å²) in [5.41, 5.74) is 6.50. The fraction of sp³-hybridized carbons (Fsp3) is 0.765. The molecular formula is C17H29N3O3. The molecule has 6 heteroatoms. The van der Waals surface area contributed by atoms with Gasteiger partial charge in [-0.2, -0.15) is 0 Å². The number of ether oxygens (including phenoxy) is 1. The molecule has 0 aromatic heterocycles. The van der Waals surface area contributed by atoms with Crippen molar-refractivity contribution in [2.75, 3.05) is 39.9 Å². The Labute approximate surface area is 138 Å². The van der Waals surface area contributed by atoms with Crippen LogP contribution in [-0.2, 0) is 14.3 Å². The molecule has 2 N–H and O–H groups in total. The van der Waals surface area contributed by atoms with Gasteiger partial charge in [0.05, 0.1) is 13.2 Å². The van der Waals surface area contributed by atoms with Gasteiger partial charge in [-0.1, -0.05) is 6.08 Å². The van der Waals surface area contributed by atoms with Crippen LogP contribution < -0.4 is 5.73 Å². The van der Waals surface area contributed by atoms with E-state index in [0.29, 0.717) is 19.7 Å². The molecule has 0 aromatic rings. The first-order valence-electron chi connectivity index (χ1n) is 8.62. The number of rotatable bonds is 7. The van der Waals surface area contributed by atoms with Gasteiger partial charge in [-0.25, -0.2) is 0 Å². The maximum atomic E-state index is 12.7. The molecule has 2 amide bonds. The lowest BCUT2D eigenvalue weighted by Gasteiger charge is -2.33. The molecule has 1 saturated heterocycles. The second kappa shape index (κ2) is 9.03. The Hall–Kier alpha value is -1.40. The second-order valence-electron chi connectivity index (χ2n) is 6.43. The maximum Gasteiger partial charge on any atom is 0.240 e. The van der Waals surface area contributed by atoms with Crippen molar-refractivity contribution in [3.8, 4) is 0 Å². The van der Waals surface area contributed by atoms with E-state index in [1.165, 1.54) is 6.42 Å². The fourth-order valence-electron chi connectivity index (χ4n) is 3.33. The molecule has 0 atom stereocenters. The smallest absolute Gasteiger partial charge is 0.240 e. The van der Waals surface area contributed by atoms with Gasteiger partial charge in [-0.05, 0) is 51.6 Å². The third-order valence-electron chi connectivity index (χ3n) is 4.78.